The number of carbonyl (C=O) groups is 1. The number of nitrogens with one attached hydrogen (secondary N) is 1. The van der Waals surface area contributed by atoms with E-state index in [1.165, 1.54) is 5.56 Å². The van der Waals surface area contributed by atoms with Crippen LogP contribution in [0.2, 0.25) is 0 Å². The lowest BCUT2D eigenvalue weighted by molar-refractivity contribution is -0.123. The average Bonchev–Trinajstić information content (AvgIpc) is 3.26. The van der Waals surface area contributed by atoms with Crippen molar-refractivity contribution >= 4 is 5.91 Å². The van der Waals surface area contributed by atoms with Gasteiger partial charge in [0.15, 0.2) is 0 Å². The van der Waals surface area contributed by atoms with E-state index in [1.807, 2.05) is 19.1 Å². The van der Waals surface area contributed by atoms with E-state index in [4.69, 9.17) is 5.73 Å². The van der Waals surface area contributed by atoms with Crippen molar-refractivity contribution in [3.63, 3.8) is 0 Å². The number of amides is 1. The maximum Gasteiger partial charge on any atom is 0.230 e. The molecule has 0 radical (unpaired) electrons. The largest absolute Gasteiger partial charge is 0.356 e. The first-order valence-corrected chi connectivity index (χ1v) is 6.80. The molecule has 0 unspecified atom stereocenters. The molecule has 2 aliphatic carbocycles. The summed E-state index contributed by atoms with van der Waals surface area (Å²) in [7, 11) is 0. The first kappa shape index (κ1) is 11.7. The van der Waals surface area contributed by atoms with Gasteiger partial charge in [-0.3, -0.25) is 4.79 Å². The number of hydrogen-bond donors (Lipinski definition) is 2. The van der Waals surface area contributed by atoms with E-state index < -0.39 is 0 Å². The van der Waals surface area contributed by atoms with Gasteiger partial charge in [-0.15, -0.1) is 0 Å². The van der Waals surface area contributed by atoms with Gasteiger partial charge >= 0.3 is 0 Å². The van der Waals surface area contributed by atoms with E-state index in [1.54, 1.807) is 0 Å². The molecule has 1 aromatic rings. The number of carbonyl (C=O) groups excluding carboxylic acids is 1. The molecule has 2 saturated carbocycles. The van der Waals surface area contributed by atoms with Gasteiger partial charge in [-0.25, -0.2) is 0 Å². The number of hydrogen-bond acceptors (Lipinski definition) is 2. The molecule has 3 nitrogen and oxygen atoms in total. The zero-order chi connectivity index (χ0) is 12.8. The van der Waals surface area contributed by atoms with Crippen LogP contribution in [0.4, 0.5) is 0 Å². The molecule has 0 atom stereocenters. The third-order valence-corrected chi connectivity index (χ3v) is 4.29. The third-order valence-electron chi connectivity index (χ3n) is 4.29. The lowest BCUT2D eigenvalue weighted by atomic mass is 9.86. The van der Waals surface area contributed by atoms with Gasteiger partial charge in [0.1, 0.15) is 0 Å². The van der Waals surface area contributed by atoms with Gasteiger partial charge in [-0.2, -0.15) is 0 Å². The second kappa shape index (κ2) is 3.82. The Morgan fingerprint density at radius 1 is 1.22 bits per heavy atom. The van der Waals surface area contributed by atoms with Crippen LogP contribution in [0.3, 0.4) is 0 Å². The molecule has 3 rings (SSSR count). The molecular weight excluding hydrogens is 224 g/mol. The molecule has 2 fully saturated rings. The summed E-state index contributed by atoms with van der Waals surface area (Å²) >= 11 is 0. The minimum Gasteiger partial charge on any atom is -0.356 e. The fraction of sp³-hybridized carbons (Fsp3) is 0.533. The summed E-state index contributed by atoms with van der Waals surface area (Å²) in [5, 5.41) is 2.97. The summed E-state index contributed by atoms with van der Waals surface area (Å²) < 4.78 is 0. The standard InChI is InChI=1S/C15H20N2O/c1-2-17-13(18)14(7-8-14)11-5-3-4-6-12(11)15(16)9-10-15/h3-6H,2,7-10,16H2,1H3,(H,17,18). The molecule has 0 aliphatic heterocycles. The predicted octanol–water partition coefficient (Wildman–Crippen LogP) is 1.80. The topological polar surface area (TPSA) is 55.1 Å². The summed E-state index contributed by atoms with van der Waals surface area (Å²) in [6.45, 7) is 2.65. The van der Waals surface area contributed by atoms with E-state index >= 15 is 0 Å². The van der Waals surface area contributed by atoms with E-state index in [2.05, 4.69) is 17.4 Å². The molecule has 0 spiro atoms. The molecule has 0 aromatic heterocycles. The Morgan fingerprint density at radius 2 is 1.83 bits per heavy atom. The van der Waals surface area contributed by atoms with Gasteiger partial charge in [0, 0.05) is 12.1 Å². The van der Waals surface area contributed by atoms with Crippen LogP contribution in [0.5, 0.6) is 0 Å². The van der Waals surface area contributed by atoms with Gasteiger partial charge < -0.3 is 11.1 Å². The summed E-state index contributed by atoms with van der Waals surface area (Å²) in [6.07, 6.45) is 3.98. The Balaban J connectivity index is 2.00. The van der Waals surface area contributed by atoms with Crippen molar-refractivity contribution in [2.75, 3.05) is 6.54 Å². The van der Waals surface area contributed by atoms with Crippen molar-refractivity contribution in [1.82, 2.24) is 5.32 Å². The predicted molar refractivity (Wildman–Crippen MR) is 71.1 cm³/mol. The van der Waals surface area contributed by atoms with Crippen LogP contribution < -0.4 is 11.1 Å². The smallest absolute Gasteiger partial charge is 0.230 e. The summed E-state index contributed by atoms with van der Waals surface area (Å²) in [5.41, 5.74) is 8.23. The summed E-state index contributed by atoms with van der Waals surface area (Å²) in [4.78, 5) is 12.3. The molecule has 3 N–H and O–H groups in total. The summed E-state index contributed by atoms with van der Waals surface area (Å²) in [6, 6.07) is 8.23. The molecule has 96 valence electrons. The van der Waals surface area contributed by atoms with E-state index in [-0.39, 0.29) is 16.9 Å². The minimum atomic E-state index is -0.290. The third kappa shape index (κ3) is 1.65. The lowest BCUT2D eigenvalue weighted by Crippen LogP contribution is -2.36. The molecular formula is C15H20N2O. The van der Waals surface area contributed by atoms with Crippen molar-refractivity contribution < 1.29 is 4.79 Å². The SMILES string of the molecule is CCNC(=O)C1(c2ccccc2C2(N)CC2)CC1. The Hall–Kier alpha value is -1.35. The van der Waals surface area contributed by atoms with Crippen molar-refractivity contribution in [3.8, 4) is 0 Å². The van der Waals surface area contributed by atoms with Crippen molar-refractivity contribution in [1.29, 1.82) is 0 Å². The quantitative estimate of drug-likeness (QED) is 0.848. The van der Waals surface area contributed by atoms with E-state index in [0.717, 1.165) is 31.2 Å². The fourth-order valence-corrected chi connectivity index (χ4v) is 2.81. The number of likely N-dealkylation sites (N-methyl/N-ethyl adjacent to an activating group) is 1. The molecule has 0 heterocycles. The first-order chi connectivity index (χ1) is 8.62. The zero-order valence-corrected chi connectivity index (χ0v) is 10.8. The number of benzene rings is 1. The van der Waals surface area contributed by atoms with Crippen molar-refractivity contribution in [2.45, 2.75) is 43.6 Å². The van der Waals surface area contributed by atoms with Gasteiger partial charge in [-0.1, -0.05) is 24.3 Å². The van der Waals surface area contributed by atoms with Gasteiger partial charge in [0.2, 0.25) is 5.91 Å². The van der Waals surface area contributed by atoms with Crippen LogP contribution in [0, 0.1) is 0 Å². The Bertz CT molecular complexity index is 487. The number of rotatable bonds is 4. The van der Waals surface area contributed by atoms with Crippen LogP contribution in [0.25, 0.3) is 0 Å². The molecule has 18 heavy (non-hydrogen) atoms. The zero-order valence-electron chi connectivity index (χ0n) is 10.8. The highest BCUT2D eigenvalue weighted by molar-refractivity contribution is 5.91. The lowest BCUT2D eigenvalue weighted by Gasteiger charge is -2.22. The summed E-state index contributed by atoms with van der Waals surface area (Å²) in [5.74, 6) is 0.168. The molecule has 0 bridgehead atoms. The van der Waals surface area contributed by atoms with Gasteiger partial charge in [0.25, 0.3) is 0 Å². The van der Waals surface area contributed by atoms with Crippen LogP contribution in [0.15, 0.2) is 24.3 Å². The highest BCUT2D eigenvalue weighted by atomic mass is 16.2. The van der Waals surface area contributed by atoms with Crippen LogP contribution in [-0.4, -0.2) is 12.5 Å². The molecule has 1 amide bonds. The highest BCUT2D eigenvalue weighted by Gasteiger charge is 2.54. The molecule has 0 saturated heterocycles. The Kier molecular flexibility index (Phi) is 2.49. The van der Waals surface area contributed by atoms with E-state index in [9.17, 15) is 4.79 Å². The average molecular weight is 244 g/mol. The van der Waals surface area contributed by atoms with Gasteiger partial charge in [-0.05, 0) is 43.7 Å². The van der Waals surface area contributed by atoms with Gasteiger partial charge in [0.05, 0.1) is 5.41 Å². The van der Waals surface area contributed by atoms with Crippen molar-refractivity contribution in [2.24, 2.45) is 5.73 Å². The maximum atomic E-state index is 12.3. The highest BCUT2D eigenvalue weighted by Crippen LogP contribution is 2.54. The molecule has 1 aromatic carbocycles. The fourth-order valence-electron chi connectivity index (χ4n) is 2.81. The van der Waals surface area contributed by atoms with E-state index in [0.29, 0.717) is 6.54 Å². The molecule has 3 heteroatoms. The monoisotopic (exact) mass is 244 g/mol. The Morgan fingerprint density at radius 3 is 2.33 bits per heavy atom. The second-order valence-corrected chi connectivity index (χ2v) is 5.64. The number of nitrogens with two attached hydrogens (primary N) is 1. The van der Waals surface area contributed by atoms with Crippen LogP contribution in [0.1, 0.15) is 43.7 Å². The first-order valence-electron chi connectivity index (χ1n) is 6.80. The Labute approximate surface area is 108 Å². The molecule has 2 aliphatic rings. The van der Waals surface area contributed by atoms with Crippen LogP contribution in [-0.2, 0) is 15.7 Å². The second-order valence-electron chi connectivity index (χ2n) is 5.64. The maximum absolute atomic E-state index is 12.3. The van der Waals surface area contributed by atoms with Crippen LogP contribution >= 0.6 is 0 Å². The minimum absolute atomic E-state index is 0.168. The normalized spacial score (nSPS) is 22.3. The van der Waals surface area contributed by atoms with Crippen molar-refractivity contribution in [3.05, 3.63) is 35.4 Å².